The molecule has 0 radical (unpaired) electrons. The van der Waals surface area contributed by atoms with E-state index >= 15 is 0 Å². The van der Waals surface area contributed by atoms with Gasteiger partial charge in [-0.05, 0) is 38.1 Å². The van der Waals surface area contributed by atoms with Crippen molar-refractivity contribution in [1.82, 2.24) is 5.32 Å². The standard InChI is InChI=1S/C16H33NOS/c1-3-5-9-13-19(18)14-16(17-12-4-2)15-10-7-6-8-11-15/h15-17H,3-14H2,1-2H3. The Morgan fingerprint density at radius 2 is 1.84 bits per heavy atom. The number of nitrogens with one attached hydrogen (secondary N) is 1. The summed E-state index contributed by atoms with van der Waals surface area (Å²) in [5.74, 6) is 2.56. The predicted molar refractivity (Wildman–Crippen MR) is 86.1 cm³/mol. The second-order valence-corrected chi connectivity index (χ2v) is 7.60. The van der Waals surface area contributed by atoms with Crippen molar-refractivity contribution in [2.24, 2.45) is 5.92 Å². The maximum absolute atomic E-state index is 12.2. The summed E-state index contributed by atoms with van der Waals surface area (Å²) in [6.45, 7) is 5.49. The van der Waals surface area contributed by atoms with Crippen LogP contribution >= 0.6 is 0 Å². The van der Waals surface area contributed by atoms with Crippen LogP contribution in [0.25, 0.3) is 0 Å². The van der Waals surface area contributed by atoms with Crippen LogP contribution in [0.3, 0.4) is 0 Å². The fourth-order valence-corrected chi connectivity index (χ4v) is 4.51. The third kappa shape index (κ3) is 7.45. The van der Waals surface area contributed by atoms with Crippen molar-refractivity contribution in [3.63, 3.8) is 0 Å². The lowest BCUT2D eigenvalue weighted by atomic mass is 9.84. The lowest BCUT2D eigenvalue weighted by Gasteiger charge is -2.31. The zero-order valence-corrected chi connectivity index (χ0v) is 13.8. The monoisotopic (exact) mass is 287 g/mol. The minimum absolute atomic E-state index is 0.503. The van der Waals surface area contributed by atoms with E-state index in [9.17, 15) is 4.21 Å². The summed E-state index contributed by atoms with van der Waals surface area (Å²) in [7, 11) is -0.619. The average molecular weight is 288 g/mol. The molecule has 3 heteroatoms. The second-order valence-electron chi connectivity index (χ2n) is 5.98. The molecule has 1 aliphatic rings. The molecule has 0 spiro atoms. The molecule has 114 valence electrons. The molecular formula is C16H33NOS. The molecule has 0 saturated heterocycles. The molecular weight excluding hydrogens is 254 g/mol. The van der Waals surface area contributed by atoms with Gasteiger partial charge in [-0.25, -0.2) is 0 Å². The SMILES string of the molecule is CCCCCS(=O)CC(NCCC)C1CCCCC1. The summed E-state index contributed by atoms with van der Waals surface area (Å²) in [6.07, 6.45) is 11.6. The second kappa shape index (κ2) is 10.8. The lowest BCUT2D eigenvalue weighted by Crippen LogP contribution is -2.42. The summed E-state index contributed by atoms with van der Waals surface area (Å²) in [5.41, 5.74) is 0. The van der Waals surface area contributed by atoms with Crippen molar-refractivity contribution in [1.29, 1.82) is 0 Å². The summed E-state index contributed by atoms with van der Waals surface area (Å²) in [6, 6.07) is 0.503. The Balaban J connectivity index is 2.36. The van der Waals surface area contributed by atoms with Crippen molar-refractivity contribution in [2.75, 3.05) is 18.1 Å². The van der Waals surface area contributed by atoms with E-state index in [2.05, 4.69) is 19.2 Å². The molecule has 1 N–H and O–H groups in total. The number of hydrogen-bond acceptors (Lipinski definition) is 2. The highest BCUT2D eigenvalue weighted by molar-refractivity contribution is 7.85. The van der Waals surface area contributed by atoms with Gasteiger partial charge in [-0.15, -0.1) is 0 Å². The van der Waals surface area contributed by atoms with Gasteiger partial charge in [0.15, 0.2) is 0 Å². The van der Waals surface area contributed by atoms with Gasteiger partial charge in [0.25, 0.3) is 0 Å². The summed E-state index contributed by atoms with van der Waals surface area (Å²) < 4.78 is 12.2. The highest BCUT2D eigenvalue weighted by Crippen LogP contribution is 2.27. The molecule has 1 fully saturated rings. The van der Waals surface area contributed by atoms with Crippen LogP contribution in [0.1, 0.15) is 71.6 Å². The van der Waals surface area contributed by atoms with Crippen LogP contribution in [0.15, 0.2) is 0 Å². The lowest BCUT2D eigenvalue weighted by molar-refractivity contribution is 0.284. The molecule has 1 aliphatic carbocycles. The Hall–Kier alpha value is 0.110. The third-order valence-electron chi connectivity index (χ3n) is 4.22. The van der Waals surface area contributed by atoms with Crippen molar-refractivity contribution in [2.45, 2.75) is 77.7 Å². The molecule has 19 heavy (non-hydrogen) atoms. The van der Waals surface area contributed by atoms with Crippen LogP contribution in [0.4, 0.5) is 0 Å². The zero-order chi connectivity index (χ0) is 13.9. The van der Waals surface area contributed by atoms with E-state index in [0.29, 0.717) is 6.04 Å². The van der Waals surface area contributed by atoms with Gasteiger partial charge in [-0.3, -0.25) is 4.21 Å². The molecule has 2 nitrogen and oxygen atoms in total. The van der Waals surface area contributed by atoms with E-state index in [1.165, 1.54) is 51.4 Å². The van der Waals surface area contributed by atoms with E-state index in [4.69, 9.17) is 0 Å². The first-order valence-electron chi connectivity index (χ1n) is 8.36. The first kappa shape index (κ1) is 17.2. The van der Waals surface area contributed by atoms with Crippen molar-refractivity contribution >= 4 is 10.8 Å². The Morgan fingerprint density at radius 1 is 1.11 bits per heavy atom. The molecule has 0 bridgehead atoms. The van der Waals surface area contributed by atoms with Gasteiger partial charge < -0.3 is 5.32 Å². The molecule has 0 aliphatic heterocycles. The van der Waals surface area contributed by atoms with E-state index in [-0.39, 0.29) is 0 Å². The maximum atomic E-state index is 12.2. The van der Waals surface area contributed by atoms with Crippen LogP contribution < -0.4 is 5.32 Å². The zero-order valence-electron chi connectivity index (χ0n) is 13.0. The molecule has 0 amide bonds. The van der Waals surface area contributed by atoms with Gasteiger partial charge in [0.05, 0.1) is 0 Å². The van der Waals surface area contributed by atoms with E-state index < -0.39 is 10.8 Å². The molecule has 1 saturated carbocycles. The van der Waals surface area contributed by atoms with Gasteiger partial charge >= 0.3 is 0 Å². The highest BCUT2D eigenvalue weighted by atomic mass is 32.2. The Morgan fingerprint density at radius 3 is 2.47 bits per heavy atom. The smallest absolute Gasteiger partial charge is 0.0391 e. The highest BCUT2D eigenvalue weighted by Gasteiger charge is 2.24. The topological polar surface area (TPSA) is 29.1 Å². The van der Waals surface area contributed by atoms with Gasteiger partial charge in [0.1, 0.15) is 0 Å². The number of rotatable bonds is 10. The fourth-order valence-electron chi connectivity index (χ4n) is 3.02. The first-order chi connectivity index (χ1) is 9.27. The normalized spacial score (nSPS) is 20.3. The van der Waals surface area contributed by atoms with Gasteiger partial charge in [-0.1, -0.05) is 46.0 Å². The Labute approximate surface area is 122 Å². The molecule has 0 aromatic rings. The van der Waals surface area contributed by atoms with E-state index in [1.54, 1.807) is 0 Å². The first-order valence-corrected chi connectivity index (χ1v) is 9.85. The van der Waals surface area contributed by atoms with E-state index in [0.717, 1.165) is 30.4 Å². The largest absolute Gasteiger partial charge is 0.313 e. The van der Waals surface area contributed by atoms with Gasteiger partial charge in [0.2, 0.25) is 0 Å². The molecule has 1 rings (SSSR count). The molecule has 2 atom stereocenters. The molecule has 2 unspecified atom stereocenters. The van der Waals surface area contributed by atoms with Crippen molar-refractivity contribution in [3.05, 3.63) is 0 Å². The summed E-state index contributed by atoms with van der Waals surface area (Å²) in [5, 5.41) is 3.67. The Kier molecular flexibility index (Phi) is 9.80. The fraction of sp³-hybridized carbons (Fsp3) is 1.00. The minimum atomic E-state index is -0.619. The number of hydrogen-bond donors (Lipinski definition) is 1. The van der Waals surface area contributed by atoms with Crippen LogP contribution in [-0.4, -0.2) is 28.3 Å². The van der Waals surface area contributed by atoms with Crippen molar-refractivity contribution < 1.29 is 4.21 Å². The third-order valence-corrected chi connectivity index (χ3v) is 5.69. The summed E-state index contributed by atoms with van der Waals surface area (Å²) in [4.78, 5) is 0. The minimum Gasteiger partial charge on any atom is -0.313 e. The number of unbranched alkanes of at least 4 members (excludes halogenated alkanes) is 2. The average Bonchev–Trinajstić information content (AvgIpc) is 2.44. The summed E-state index contributed by atoms with van der Waals surface area (Å²) >= 11 is 0. The molecule has 0 aromatic heterocycles. The Bertz CT molecular complexity index is 239. The van der Waals surface area contributed by atoms with Crippen molar-refractivity contribution in [3.8, 4) is 0 Å². The van der Waals surface area contributed by atoms with Gasteiger partial charge in [-0.2, -0.15) is 0 Å². The molecule has 0 aromatic carbocycles. The molecule has 0 heterocycles. The van der Waals surface area contributed by atoms with Crippen LogP contribution in [0, 0.1) is 5.92 Å². The van der Waals surface area contributed by atoms with Crippen LogP contribution in [-0.2, 0) is 10.8 Å². The van der Waals surface area contributed by atoms with Gasteiger partial charge in [0, 0.05) is 28.3 Å². The van der Waals surface area contributed by atoms with Crippen LogP contribution in [0.5, 0.6) is 0 Å². The van der Waals surface area contributed by atoms with E-state index in [1.807, 2.05) is 0 Å². The predicted octanol–water partition coefficient (Wildman–Crippen LogP) is 3.87. The van der Waals surface area contributed by atoms with Crippen LogP contribution in [0.2, 0.25) is 0 Å². The quantitative estimate of drug-likeness (QED) is 0.618. The maximum Gasteiger partial charge on any atom is 0.0391 e.